The summed E-state index contributed by atoms with van der Waals surface area (Å²) < 4.78 is 0. The van der Waals surface area contributed by atoms with Gasteiger partial charge in [-0.05, 0) is 18.6 Å². The van der Waals surface area contributed by atoms with Crippen molar-refractivity contribution in [1.82, 2.24) is 0 Å². The number of hydrogen-bond acceptors (Lipinski definition) is 4. The Hall–Kier alpha value is -1.84. The van der Waals surface area contributed by atoms with Gasteiger partial charge in [0, 0.05) is 23.6 Å². The van der Waals surface area contributed by atoms with Gasteiger partial charge < -0.3 is 15.6 Å². The van der Waals surface area contributed by atoms with E-state index in [2.05, 4.69) is 0 Å². The van der Waals surface area contributed by atoms with Crippen LogP contribution in [0.2, 0.25) is 0 Å². The van der Waals surface area contributed by atoms with Crippen molar-refractivity contribution in [2.75, 3.05) is 5.73 Å². The minimum absolute atomic E-state index is 0.0729. The molecule has 0 amide bonds. The third-order valence-electron chi connectivity index (χ3n) is 1.82. The van der Waals surface area contributed by atoms with Crippen molar-refractivity contribution >= 4 is 17.4 Å². The summed E-state index contributed by atoms with van der Waals surface area (Å²) in [4.78, 5) is 21.5. The zero-order chi connectivity index (χ0) is 10.6. The van der Waals surface area contributed by atoms with Gasteiger partial charge in [0.15, 0.2) is 5.78 Å². The average Bonchev–Trinajstić information content (AvgIpc) is 2.15. The molecule has 0 aliphatic heterocycles. The lowest BCUT2D eigenvalue weighted by Crippen LogP contribution is -2.22. The maximum Gasteiger partial charge on any atom is 0.165 e. The first kappa shape index (κ1) is 10.2. The Balaban J connectivity index is 2.70. The minimum atomic E-state index is -1.23. The van der Waals surface area contributed by atoms with Crippen LogP contribution in [0, 0.1) is 0 Å². The standard InChI is InChI=1S/C10H11NO3/c11-8-4-2-1-3-7(8)9(12)5-6-10(13)14/h1-4H,5-6,11H2,(H,13,14)/p-1. The molecule has 0 spiro atoms. The lowest BCUT2D eigenvalue weighted by molar-refractivity contribution is -0.305. The maximum absolute atomic E-state index is 11.4. The Morgan fingerprint density at radius 3 is 2.43 bits per heavy atom. The van der Waals surface area contributed by atoms with Crippen LogP contribution in [-0.4, -0.2) is 11.8 Å². The fourth-order valence-corrected chi connectivity index (χ4v) is 1.10. The van der Waals surface area contributed by atoms with Crippen molar-refractivity contribution in [3.63, 3.8) is 0 Å². The van der Waals surface area contributed by atoms with E-state index in [-0.39, 0.29) is 18.6 Å². The molecule has 14 heavy (non-hydrogen) atoms. The Morgan fingerprint density at radius 2 is 1.86 bits per heavy atom. The van der Waals surface area contributed by atoms with Crippen LogP contribution in [0.4, 0.5) is 5.69 Å². The number of aliphatic carboxylic acids is 1. The highest BCUT2D eigenvalue weighted by Crippen LogP contribution is 2.13. The molecule has 1 rings (SSSR count). The molecule has 0 fully saturated rings. The number of carboxylic acid groups (broad SMARTS) is 1. The molecule has 74 valence electrons. The summed E-state index contributed by atoms with van der Waals surface area (Å²) in [6, 6.07) is 6.58. The predicted octanol–water partition coefficient (Wildman–Crippen LogP) is -0.0184. The number of para-hydroxylation sites is 1. The summed E-state index contributed by atoms with van der Waals surface area (Å²) in [6.45, 7) is 0. The third kappa shape index (κ3) is 2.58. The van der Waals surface area contributed by atoms with Gasteiger partial charge in [0.2, 0.25) is 0 Å². The third-order valence-corrected chi connectivity index (χ3v) is 1.82. The number of carboxylic acids is 1. The van der Waals surface area contributed by atoms with Gasteiger partial charge >= 0.3 is 0 Å². The summed E-state index contributed by atoms with van der Waals surface area (Å²) in [6.07, 6.45) is -0.344. The Labute approximate surface area is 81.3 Å². The average molecular weight is 192 g/mol. The van der Waals surface area contributed by atoms with E-state index in [9.17, 15) is 14.7 Å². The summed E-state index contributed by atoms with van der Waals surface area (Å²) in [5.74, 6) is -1.50. The first-order valence-corrected chi connectivity index (χ1v) is 4.19. The van der Waals surface area contributed by atoms with Crippen LogP contribution in [0.15, 0.2) is 24.3 Å². The topological polar surface area (TPSA) is 83.2 Å². The molecule has 0 bridgehead atoms. The monoisotopic (exact) mass is 192 g/mol. The SMILES string of the molecule is Nc1ccccc1C(=O)CCC(=O)[O-]. The number of nitrogens with two attached hydrogens (primary N) is 1. The van der Waals surface area contributed by atoms with Crippen LogP contribution in [0.3, 0.4) is 0 Å². The maximum atomic E-state index is 11.4. The van der Waals surface area contributed by atoms with Gasteiger partial charge in [-0.1, -0.05) is 12.1 Å². The molecule has 0 saturated heterocycles. The molecular formula is C10H10NO3-. The largest absolute Gasteiger partial charge is 0.550 e. The second-order valence-corrected chi connectivity index (χ2v) is 2.88. The molecule has 4 heteroatoms. The summed E-state index contributed by atoms with van der Waals surface area (Å²) >= 11 is 0. The van der Waals surface area contributed by atoms with E-state index in [4.69, 9.17) is 5.73 Å². The molecule has 0 aliphatic carbocycles. The van der Waals surface area contributed by atoms with Crippen LogP contribution >= 0.6 is 0 Å². The second-order valence-electron chi connectivity index (χ2n) is 2.88. The van der Waals surface area contributed by atoms with Gasteiger partial charge in [0.1, 0.15) is 0 Å². The number of rotatable bonds is 4. The van der Waals surface area contributed by atoms with Crippen LogP contribution in [0.25, 0.3) is 0 Å². The predicted molar refractivity (Wildman–Crippen MR) is 49.4 cm³/mol. The van der Waals surface area contributed by atoms with Crippen molar-refractivity contribution in [2.45, 2.75) is 12.8 Å². The number of hydrogen-bond donors (Lipinski definition) is 1. The molecule has 0 aromatic heterocycles. The number of ketones is 1. The van der Waals surface area contributed by atoms with E-state index in [1.54, 1.807) is 24.3 Å². The van der Waals surface area contributed by atoms with Crippen molar-refractivity contribution in [3.8, 4) is 0 Å². The highest BCUT2D eigenvalue weighted by atomic mass is 16.4. The van der Waals surface area contributed by atoms with Gasteiger partial charge in [0.05, 0.1) is 0 Å². The van der Waals surface area contributed by atoms with E-state index in [1.807, 2.05) is 0 Å². The van der Waals surface area contributed by atoms with Crippen LogP contribution in [0.5, 0.6) is 0 Å². The van der Waals surface area contributed by atoms with Gasteiger partial charge in [-0.15, -0.1) is 0 Å². The number of Topliss-reactive ketones (excluding diaryl/α,β-unsaturated/α-hetero) is 1. The van der Waals surface area contributed by atoms with Gasteiger partial charge in [-0.2, -0.15) is 0 Å². The van der Waals surface area contributed by atoms with E-state index >= 15 is 0 Å². The van der Waals surface area contributed by atoms with Crippen LogP contribution in [0.1, 0.15) is 23.2 Å². The molecule has 1 aromatic carbocycles. The molecular weight excluding hydrogens is 182 g/mol. The molecule has 2 N–H and O–H groups in total. The molecule has 0 atom stereocenters. The van der Waals surface area contributed by atoms with Crippen molar-refractivity contribution in [1.29, 1.82) is 0 Å². The minimum Gasteiger partial charge on any atom is -0.550 e. The number of carbonyl (C=O) groups excluding carboxylic acids is 2. The Kier molecular flexibility index (Phi) is 3.23. The zero-order valence-corrected chi connectivity index (χ0v) is 7.53. The van der Waals surface area contributed by atoms with Crippen LogP contribution < -0.4 is 10.8 Å². The van der Waals surface area contributed by atoms with Crippen LogP contribution in [-0.2, 0) is 4.79 Å². The molecule has 1 aromatic rings. The zero-order valence-electron chi connectivity index (χ0n) is 7.53. The lowest BCUT2D eigenvalue weighted by Gasteiger charge is -2.04. The number of carbonyl (C=O) groups is 2. The number of nitrogen functional groups attached to an aromatic ring is 1. The fourth-order valence-electron chi connectivity index (χ4n) is 1.10. The first-order chi connectivity index (χ1) is 6.61. The summed E-state index contributed by atoms with van der Waals surface area (Å²) in [5, 5.41) is 10.1. The van der Waals surface area contributed by atoms with Gasteiger partial charge in [0.25, 0.3) is 0 Å². The molecule has 0 radical (unpaired) electrons. The van der Waals surface area contributed by atoms with E-state index < -0.39 is 5.97 Å². The quantitative estimate of drug-likeness (QED) is 0.536. The van der Waals surface area contributed by atoms with E-state index in [1.165, 1.54) is 0 Å². The van der Waals surface area contributed by atoms with E-state index in [0.717, 1.165) is 0 Å². The molecule has 0 unspecified atom stereocenters. The second kappa shape index (κ2) is 4.41. The molecule has 0 heterocycles. The Morgan fingerprint density at radius 1 is 1.21 bits per heavy atom. The summed E-state index contributed by atoms with van der Waals surface area (Å²) in [5.41, 5.74) is 6.28. The van der Waals surface area contributed by atoms with Crippen molar-refractivity contribution in [2.24, 2.45) is 0 Å². The highest BCUT2D eigenvalue weighted by Gasteiger charge is 2.08. The number of benzene rings is 1. The normalized spacial score (nSPS) is 9.71. The molecule has 4 nitrogen and oxygen atoms in total. The van der Waals surface area contributed by atoms with Gasteiger partial charge in [-0.25, -0.2) is 0 Å². The smallest absolute Gasteiger partial charge is 0.165 e. The summed E-state index contributed by atoms with van der Waals surface area (Å²) in [7, 11) is 0. The van der Waals surface area contributed by atoms with E-state index in [0.29, 0.717) is 11.3 Å². The number of anilines is 1. The van der Waals surface area contributed by atoms with Gasteiger partial charge in [-0.3, -0.25) is 4.79 Å². The molecule has 0 saturated carbocycles. The highest BCUT2D eigenvalue weighted by molar-refractivity contribution is 6.01. The first-order valence-electron chi connectivity index (χ1n) is 4.19. The Bertz CT molecular complexity index is 360. The lowest BCUT2D eigenvalue weighted by atomic mass is 10.1. The van der Waals surface area contributed by atoms with Crippen molar-refractivity contribution in [3.05, 3.63) is 29.8 Å². The molecule has 0 aliphatic rings. The fraction of sp³-hybridized carbons (Fsp3) is 0.200. The van der Waals surface area contributed by atoms with Crippen molar-refractivity contribution < 1.29 is 14.7 Å².